The molecule has 14 heteroatoms. The fraction of sp³-hybridized carbons (Fsp3) is 0.222. The quantitative estimate of drug-likeness (QED) is 0.113. The van der Waals surface area contributed by atoms with E-state index in [1.54, 1.807) is 54.8 Å². The van der Waals surface area contributed by atoms with Gasteiger partial charge in [0.1, 0.15) is 36.1 Å². The molecule has 0 unspecified atom stereocenters. The fourth-order valence-corrected chi connectivity index (χ4v) is 7.59. The molecule has 6 aromatic rings. The normalized spacial score (nSPS) is 11.6. The van der Waals surface area contributed by atoms with Crippen molar-refractivity contribution in [1.82, 2.24) is 24.8 Å². The van der Waals surface area contributed by atoms with E-state index in [-0.39, 0.29) is 23.2 Å². The van der Waals surface area contributed by atoms with Gasteiger partial charge in [-0.3, -0.25) is 0 Å². The van der Waals surface area contributed by atoms with Crippen LogP contribution in [0.5, 0.6) is 11.5 Å². The summed E-state index contributed by atoms with van der Waals surface area (Å²) in [5, 5.41) is 7.57. The van der Waals surface area contributed by atoms with Crippen LogP contribution in [0.4, 0.5) is 15.9 Å². The molecular weight excluding hydrogens is 699 g/mol. The maximum absolute atomic E-state index is 13.5. The molecule has 3 heterocycles. The summed E-state index contributed by atoms with van der Waals surface area (Å²) in [4.78, 5) is 19.9. The van der Waals surface area contributed by atoms with Crippen LogP contribution in [0.3, 0.4) is 0 Å². The van der Waals surface area contributed by atoms with Gasteiger partial charge in [-0.2, -0.15) is 0 Å². The Morgan fingerprint density at radius 2 is 1.86 bits per heavy atom. The van der Waals surface area contributed by atoms with Gasteiger partial charge in [-0.1, -0.05) is 29.8 Å². The van der Waals surface area contributed by atoms with Gasteiger partial charge in [0.05, 0.1) is 34.1 Å². The Hall–Kier alpha value is -4.69. The number of hydrogen-bond donors (Lipinski definition) is 1. The summed E-state index contributed by atoms with van der Waals surface area (Å²) in [6.45, 7) is 1.32. The number of sulfone groups is 1. The third-order valence-electron chi connectivity index (χ3n) is 7.89. The minimum atomic E-state index is -3.43. The summed E-state index contributed by atoms with van der Waals surface area (Å²) in [7, 11) is 0.102. The molecule has 3 aromatic heterocycles. The van der Waals surface area contributed by atoms with E-state index in [0.717, 1.165) is 41.0 Å². The van der Waals surface area contributed by atoms with E-state index in [4.69, 9.17) is 26.1 Å². The lowest BCUT2D eigenvalue weighted by atomic mass is 10.1. The van der Waals surface area contributed by atoms with Crippen LogP contribution < -0.4 is 14.8 Å². The molecule has 0 radical (unpaired) electrons. The number of nitrogens with zero attached hydrogens (tertiary/aromatic N) is 5. The molecule has 0 bridgehead atoms. The average molecular weight is 733 g/mol. The SMILES string of the molecule is COc1cc2ncnc(Nc3ccc(OCc4cccc(F)c4)c(Cl)c3)c2cc1-c1csc(CCCN(C)CCS(=O)(=O)c2ccccn2)n1. The highest BCUT2D eigenvalue weighted by Crippen LogP contribution is 2.37. The Labute approximate surface area is 298 Å². The lowest BCUT2D eigenvalue weighted by Crippen LogP contribution is -2.27. The first-order valence-electron chi connectivity index (χ1n) is 15.7. The van der Waals surface area contributed by atoms with Gasteiger partial charge in [-0.15, -0.1) is 11.3 Å². The number of thiazole rings is 1. The van der Waals surface area contributed by atoms with Crippen LogP contribution in [0.1, 0.15) is 17.0 Å². The highest BCUT2D eigenvalue weighted by atomic mass is 35.5. The largest absolute Gasteiger partial charge is 0.496 e. The first-order chi connectivity index (χ1) is 24.2. The van der Waals surface area contributed by atoms with Gasteiger partial charge in [0.2, 0.25) is 0 Å². The topological polar surface area (TPSA) is 119 Å². The van der Waals surface area contributed by atoms with E-state index in [9.17, 15) is 12.8 Å². The van der Waals surface area contributed by atoms with Crippen LogP contribution >= 0.6 is 22.9 Å². The van der Waals surface area contributed by atoms with Crippen LogP contribution in [0.15, 0.2) is 95.7 Å². The van der Waals surface area contributed by atoms with E-state index < -0.39 is 9.84 Å². The summed E-state index contributed by atoms with van der Waals surface area (Å²) in [6.07, 6.45) is 4.54. The molecule has 0 aliphatic heterocycles. The second-order valence-electron chi connectivity index (χ2n) is 11.5. The van der Waals surface area contributed by atoms with Gasteiger partial charge >= 0.3 is 0 Å². The number of fused-ring (bicyclic) bond motifs is 1. The van der Waals surface area contributed by atoms with Crippen molar-refractivity contribution in [3.8, 4) is 22.8 Å². The maximum Gasteiger partial charge on any atom is 0.196 e. The molecule has 0 saturated heterocycles. The summed E-state index contributed by atoms with van der Waals surface area (Å²) in [5.74, 6) is 1.37. The zero-order chi connectivity index (χ0) is 35.1. The summed E-state index contributed by atoms with van der Waals surface area (Å²) in [5.41, 5.74) is 3.66. The number of hydrogen-bond acceptors (Lipinski definition) is 11. The zero-order valence-corrected chi connectivity index (χ0v) is 29.7. The third kappa shape index (κ3) is 8.72. The number of rotatable bonds is 15. The van der Waals surface area contributed by atoms with Gasteiger partial charge < -0.3 is 19.7 Å². The monoisotopic (exact) mass is 732 g/mol. The minimum Gasteiger partial charge on any atom is -0.496 e. The van der Waals surface area contributed by atoms with Crippen LogP contribution in [0, 0.1) is 5.82 Å². The molecule has 0 aliphatic rings. The number of halogens is 2. The number of ether oxygens (including phenoxy) is 2. The molecular formula is C36H34ClFN6O4S2. The predicted octanol–water partition coefficient (Wildman–Crippen LogP) is 7.61. The Morgan fingerprint density at radius 3 is 2.64 bits per heavy atom. The number of benzene rings is 3. The average Bonchev–Trinajstić information content (AvgIpc) is 3.59. The molecule has 0 amide bonds. The number of aryl methyl sites for hydroxylation is 1. The van der Waals surface area contributed by atoms with Crippen molar-refractivity contribution >= 4 is 55.2 Å². The van der Waals surface area contributed by atoms with E-state index in [1.165, 1.54) is 30.7 Å². The molecule has 258 valence electrons. The molecule has 0 saturated carbocycles. The number of methoxy groups -OCH3 is 1. The Bertz CT molecular complexity index is 2200. The first kappa shape index (κ1) is 35.1. The van der Waals surface area contributed by atoms with Crippen molar-refractivity contribution in [3.05, 3.63) is 112 Å². The van der Waals surface area contributed by atoms with Gasteiger partial charge in [0.15, 0.2) is 14.9 Å². The maximum atomic E-state index is 13.5. The second kappa shape index (κ2) is 15.9. The van der Waals surface area contributed by atoms with Crippen LogP contribution in [0.2, 0.25) is 5.02 Å². The van der Waals surface area contributed by atoms with Crippen molar-refractivity contribution in [2.24, 2.45) is 0 Å². The molecule has 0 aliphatic carbocycles. The Kier molecular flexibility index (Phi) is 11.2. The number of nitrogens with one attached hydrogen (secondary N) is 1. The van der Waals surface area contributed by atoms with Crippen molar-refractivity contribution in [2.75, 3.05) is 38.3 Å². The minimum absolute atomic E-state index is 0.00894. The van der Waals surface area contributed by atoms with Crippen molar-refractivity contribution in [1.29, 1.82) is 0 Å². The Morgan fingerprint density at radius 1 is 0.980 bits per heavy atom. The molecule has 6 rings (SSSR count). The van der Waals surface area contributed by atoms with E-state index in [2.05, 4.69) is 20.3 Å². The first-order valence-corrected chi connectivity index (χ1v) is 18.6. The second-order valence-corrected chi connectivity index (χ2v) is 14.9. The van der Waals surface area contributed by atoms with Crippen molar-refractivity contribution in [2.45, 2.75) is 24.5 Å². The van der Waals surface area contributed by atoms with E-state index >= 15 is 0 Å². The van der Waals surface area contributed by atoms with E-state index in [1.807, 2.05) is 35.5 Å². The van der Waals surface area contributed by atoms with Gasteiger partial charge in [0.25, 0.3) is 0 Å². The predicted molar refractivity (Wildman–Crippen MR) is 195 cm³/mol. The molecule has 0 spiro atoms. The molecule has 50 heavy (non-hydrogen) atoms. The lowest BCUT2D eigenvalue weighted by molar-refractivity contribution is 0.306. The number of anilines is 2. The van der Waals surface area contributed by atoms with Gasteiger partial charge in [-0.05, 0) is 74.1 Å². The molecule has 3 aromatic carbocycles. The number of aromatic nitrogens is 4. The highest BCUT2D eigenvalue weighted by molar-refractivity contribution is 7.91. The molecule has 10 nitrogen and oxygen atoms in total. The molecule has 0 fully saturated rings. The molecule has 0 atom stereocenters. The molecule has 1 N–H and O–H groups in total. The van der Waals surface area contributed by atoms with Crippen LogP contribution in [-0.2, 0) is 22.9 Å². The van der Waals surface area contributed by atoms with Crippen molar-refractivity contribution in [3.63, 3.8) is 0 Å². The standard InChI is InChI=1S/C36H34ClFN6O4S2/c1-44(15-16-50(45,46)35-10-3-4-13-39-35)14-6-9-34-43-31(22-49-34)27-19-28-30(20-33(27)47-2)40-23-41-36(28)42-26-11-12-32(29(37)18-26)48-21-24-7-5-8-25(38)17-24/h3-5,7-8,10-13,17-20,22-23H,6,9,14-16,21H2,1-2H3,(H,40,41,42). The summed E-state index contributed by atoms with van der Waals surface area (Å²) < 4.78 is 50.2. The van der Waals surface area contributed by atoms with E-state index in [0.29, 0.717) is 45.7 Å². The zero-order valence-electron chi connectivity index (χ0n) is 27.3. The smallest absolute Gasteiger partial charge is 0.196 e. The number of pyridine rings is 1. The summed E-state index contributed by atoms with van der Waals surface area (Å²) in [6, 6.07) is 20.3. The van der Waals surface area contributed by atoms with Crippen molar-refractivity contribution < 1.29 is 22.3 Å². The lowest BCUT2D eigenvalue weighted by Gasteiger charge is -2.16. The summed E-state index contributed by atoms with van der Waals surface area (Å²) >= 11 is 8.11. The third-order valence-corrected chi connectivity index (χ3v) is 10.7. The van der Waals surface area contributed by atoms with Crippen LogP contribution in [0.25, 0.3) is 22.2 Å². The Balaban J connectivity index is 1.11. The highest BCUT2D eigenvalue weighted by Gasteiger charge is 2.18. The fourth-order valence-electron chi connectivity index (χ4n) is 5.25. The van der Waals surface area contributed by atoms with Gasteiger partial charge in [0, 0.05) is 47.2 Å². The van der Waals surface area contributed by atoms with Gasteiger partial charge in [-0.25, -0.2) is 32.7 Å². The van der Waals surface area contributed by atoms with Crippen LogP contribution in [-0.4, -0.2) is 66.3 Å².